The number of anilines is 1. The van der Waals surface area contributed by atoms with Crippen molar-refractivity contribution >= 4 is 17.7 Å². The second kappa shape index (κ2) is 8.02. The van der Waals surface area contributed by atoms with Crippen molar-refractivity contribution in [3.8, 4) is 11.6 Å². The van der Waals surface area contributed by atoms with Crippen LogP contribution in [-0.4, -0.2) is 10.9 Å². The van der Waals surface area contributed by atoms with Gasteiger partial charge in [-0.1, -0.05) is 30.3 Å². The van der Waals surface area contributed by atoms with E-state index in [0.29, 0.717) is 6.07 Å². The number of benzene rings is 2. The molecule has 0 aliphatic rings. The standard InChI is InChI=1S/C20H14F2N2O2/c21-15-9-10-18(16(22)13-15)26-20-17(7-4-12-23-20)24-19(25)11-8-14-5-2-1-3-6-14/h1-13H,(H,24,25). The van der Waals surface area contributed by atoms with E-state index < -0.39 is 17.5 Å². The van der Waals surface area contributed by atoms with Gasteiger partial charge in [-0.05, 0) is 35.9 Å². The van der Waals surface area contributed by atoms with Crippen LogP contribution in [0.3, 0.4) is 0 Å². The highest BCUT2D eigenvalue weighted by molar-refractivity contribution is 6.02. The van der Waals surface area contributed by atoms with Gasteiger partial charge in [0.15, 0.2) is 11.6 Å². The fourth-order valence-corrected chi connectivity index (χ4v) is 2.14. The lowest BCUT2D eigenvalue weighted by atomic mass is 10.2. The van der Waals surface area contributed by atoms with E-state index in [9.17, 15) is 13.6 Å². The van der Waals surface area contributed by atoms with Crippen molar-refractivity contribution in [2.75, 3.05) is 5.32 Å². The summed E-state index contributed by atoms with van der Waals surface area (Å²) in [6, 6.07) is 15.4. The van der Waals surface area contributed by atoms with Crippen LogP contribution < -0.4 is 10.1 Å². The van der Waals surface area contributed by atoms with Crippen molar-refractivity contribution in [2.24, 2.45) is 0 Å². The van der Waals surface area contributed by atoms with Gasteiger partial charge in [0.25, 0.3) is 0 Å². The van der Waals surface area contributed by atoms with Crippen LogP contribution in [0.15, 0.2) is 72.9 Å². The summed E-state index contributed by atoms with van der Waals surface area (Å²) in [6.45, 7) is 0. The Bertz CT molecular complexity index is 944. The molecule has 1 amide bonds. The SMILES string of the molecule is O=C(C=Cc1ccccc1)Nc1cccnc1Oc1ccc(F)cc1F. The lowest BCUT2D eigenvalue weighted by molar-refractivity contribution is -0.111. The number of carbonyl (C=O) groups excluding carboxylic acids is 1. The van der Waals surface area contributed by atoms with Gasteiger partial charge in [0.2, 0.25) is 11.8 Å². The number of amides is 1. The molecule has 0 aliphatic heterocycles. The Kier molecular flexibility index (Phi) is 5.34. The van der Waals surface area contributed by atoms with E-state index in [2.05, 4.69) is 10.3 Å². The van der Waals surface area contributed by atoms with Crippen LogP contribution in [0.5, 0.6) is 11.6 Å². The molecule has 0 saturated heterocycles. The number of nitrogens with zero attached hydrogens (tertiary/aromatic N) is 1. The zero-order chi connectivity index (χ0) is 18.4. The lowest BCUT2D eigenvalue weighted by Crippen LogP contribution is -2.09. The van der Waals surface area contributed by atoms with Gasteiger partial charge < -0.3 is 10.1 Å². The summed E-state index contributed by atoms with van der Waals surface area (Å²) in [7, 11) is 0. The molecular weight excluding hydrogens is 338 g/mol. The van der Waals surface area contributed by atoms with Crippen molar-refractivity contribution in [2.45, 2.75) is 0 Å². The minimum atomic E-state index is -0.864. The van der Waals surface area contributed by atoms with Gasteiger partial charge >= 0.3 is 0 Å². The first-order valence-corrected chi connectivity index (χ1v) is 7.74. The van der Waals surface area contributed by atoms with Crippen LogP contribution >= 0.6 is 0 Å². The first-order chi connectivity index (χ1) is 12.6. The minimum absolute atomic E-state index is 0.000491. The van der Waals surface area contributed by atoms with Crippen LogP contribution in [0.1, 0.15) is 5.56 Å². The van der Waals surface area contributed by atoms with Crippen LogP contribution in [0.2, 0.25) is 0 Å². The predicted molar refractivity (Wildman–Crippen MR) is 94.8 cm³/mol. The van der Waals surface area contributed by atoms with Gasteiger partial charge in [-0.25, -0.2) is 13.8 Å². The van der Waals surface area contributed by atoms with Crippen molar-refractivity contribution in [3.05, 3.63) is 90.1 Å². The predicted octanol–water partition coefficient (Wildman–Crippen LogP) is 4.80. The maximum Gasteiger partial charge on any atom is 0.248 e. The summed E-state index contributed by atoms with van der Waals surface area (Å²) in [5, 5.41) is 2.62. The number of hydrogen-bond acceptors (Lipinski definition) is 3. The average molecular weight is 352 g/mol. The Hall–Kier alpha value is -3.54. The van der Waals surface area contributed by atoms with Crippen molar-refractivity contribution < 1.29 is 18.3 Å². The Labute approximate surface area is 148 Å². The Morgan fingerprint density at radius 2 is 1.85 bits per heavy atom. The first kappa shape index (κ1) is 17.3. The highest BCUT2D eigenvalue weighted by Crippen LogP contribution is 2.29. The molecular formula is C20H14F2N2O2. The molecule has 0 bridgehead atoms. The summed E-state index contributed by atoms with van der Waals surface area (Å²) in [5.74, 6) is -2.17. The molecule has 0 radical (unpaired) electrons. The van der Waals surface area contributed by atoms with Gasteiger partial charge in [0, 0.05) is 18.3 Å². The molecule has 1 aromatic heterocycles. The zero-order valence-corrected chi connectivity index (χ0v) is 13.5. The average Bonchev–Trinajstić information content (AvgIpc) is 2.65. The van der Waals surface area contributed by atoms with Crippen LogP contribution in [0.25, 0.3) is 6.08 Å². The van der Waals surface area contributed by atoms with E-state index in [1.807, 2.05) is 30.3 Å². The molecule has 4 nitrogen and oxygen atoms in total. The summed E-state index contributed by atoms with van der Waals surface area (Å²) in [4.78, 5) is 16.1. The molecule has 26 heavy (non-hydrogen) atoms. The zero-order valence-electron chi connectivity index (χ0n) is 13.5. The molecule has 1 heterocycles. The molecule has 130 valence electrons. The van der Waals surface area contributed by atoms with Crippen LogP contribution in [0, 0.1) is 11.6 Å². The quantitative estimate of drug-likeness (QED) is 0.671. The van der Waals surface area contributed by atoms with Gasteiger partial charge in [-0.3, -0.25) is 4.79 Å². The molecule has 0 aliphatic carbocycles. The topological polar surface area (TPSA) is 51.2 Å². The number of nitrogens with one attached hydrogen (secondary N) is 1. The summed E-state index contributed by atoms with van der Waals surface area (Å²) in [6.07, 6.45) is 4.46. The second-order valence-electron chi connectivity index (χ2n) is 5.27. The third-order valence-electron chi connectivity index (χ3n) is 3.36. The molecule has 0 unspecified atom stereocenters. The lowest BCUT2D eigenvalue weighted by Gasteiger charge is -2.10. The number of pyridine rings is 1. The molecule has 3 aromatic rings. The molecule has 6 heteroatoms. The Balaban J connectivity index is 1.74. The number of carbonyl (C=O) groups is 1. The van der Waals surface area contributed by atoms with Gasteiger partial charge in [-0.2, -0.15) is 0 Å². The van der Waals surface area contributed by atoms with Gasteiger partial charge in [0.05, 0.1) is 0 Å². The van der Waals surface area contributed by atoms with E-state index >= 15 is 0 Å². The van der Waals surface area contributed by atoms with E-state index in [1.54, 1.807) is 18.2 Å². The largest absolute Gasteiger partial charge is 0.434 e. The maximum atomic E-state index is 13.7. The maximum absolute atomic E-state index is 13.7. The molecule has 0 spiro atoms. The molecule has 3 rings (SSSR count). The van der Waals surface area contributed by atoms with Gasteiger partial charge in [0.1, 0.15) is 11.5 Å². The van der Waals surface area contributed by atoms with Crippen LogP contribution in [-0.2, 0) is 4.79 Å². The smallest absolute Gasteiger partial charge is 0.248 e. The van der Waals surface area contributed by atoms with E-state index in [-0.39, 0.29) is 17.3 Å². The van der Waals surface area contributed by atoms with E-state index in [0.717, 1.165) is 17.7 Å². The first-order valence-electron chi connectivity index (χ1n) is 7.74. The van der Waals surface area contributed by atoms with E-state index in [1.165, 1.54) is 12.3 Å². The molecule has 0 saturated carbocycles. The molecule has 2 aromatic carbocycles. The fraction of sp³-hybridized carbons (Fsp3) is 0. The molecule has 0 fully saturated rings. The highest BCUT2D eigenvalue weighted by atomic mass is 19.1. The Morgan fingerprint density at radius 3 is 2.62 bits per heavy atom. The summed E-state index contributed by atoms with van der Waals surface area (Å²) < 4.78 is 32.1. The minimum Gasteiger partial charge on any atom is -0.434 e. The molecule has 0 atom stereocenters. The Morgan fingerprint density at radius 1 is 1.04 bits per heavy atom. The summed E-state index contributed by atoms with van der Waals surface area (Å²) in [5.41, 5.74) is 1.14. The van der Waals surface area contributed by atoms with Crippen molar-refractivity contribution in [1.82, 2.24) is 4.98 Å². The number of ether oxygens (including phenoxy) is 1. The van der Waals surface area contributed by atoms with Crippen LogP contribution in [0.4, 0.5) is 14.5 Å². The monoisotopic (exact) mass is 352 g/mol. The second-order valence-corrected chi connectivity index (χ2v) is 5.27. The van der Waals surface area contributed by atoms with Crippen molar-refractivity contribution in [3.63, 3.8) is 0 Å². The number of rotatable bonds is 5. The number of halogens is 2. The van der Waals surface area contributed by atoms with Crippen molar-refractivity contribution in [1.29, 1.82) is 0 Å². The van der Waals surface area contributed by atoms with E-state index in [4.69, 9.17) is 4.74 Å². The number of aromatic nitrogens is 1. The molecule has 1 N–H and O–H groups in total. The highest BCUT2D eigenvalue weighted by Gasteiger charge is 2.11. The van der Waals surface area contributed by atoms with Gasteiger partial charge in [-0.15, -0.1) is 0 Å². The third kappa shape index (κ3) is 4.51. The fourth-order valence-electron chi connectivity index (χ4n) is 2.14. The normalized spacial score (nSPS) is 10.7. The summed E-state index contributed by atoms with van der Waals surface area (Å²) >= 11 is 0. The third-order valence-corrected chi connectivity index (χ3v) is 3.36. The number of hydrogen-bond donors (Lipinski definition) is 1.